The van der Waals surface area contributed by atoms with Crippen molar-refractivity contribution in [2.45, 2.75) is 33.4 Å². The Labute approximate surface area is 193 Å². The van der Waals surface area contributed by atoms with Gasteiger partial charge in [-0.25, -0.2) is 0 Å². The van der Waals surface area contributed by atoms with E-state index in [1.807, 2.05) is 0 Å². The molecule has 2 N–H and O–H groups in total. The number of hydrogen-bond donors (Lipinski definition) is 2. The molecule has 4 amide bonds. The third-order valence-corrected chi connectivity index (χ3v) is 5.43. The molecule has 1 aliphatic rings. The number of nitrogens with zero attached hydrogens (tertiary/aromatic N) is 1. The molecule has 1 saturated heterocycles. The van der Waals surface area contributed by atoms with Crippen LogP contribution in [0.1, 0.15) is 26.3 Å². The minimum Gasteiger partial charge on any atom is -0.493 e. The fourth-order valence-electron chi connectivity index (χ4n) is 2.97. The summed E-state index contributed by atoms with van der Waals surface area (Å²) in [6.45, 7) is 1.81. The summed E-state index contributed by atoms with van der Waals surface area (Å²) in [5, 5.41) is 4.67. The minimum atomic E-state index is -3.02. The van der Waals surface area contributed by atoms with Crippen molar-refractivity contribution in [2.24, 2.45) is 5.92 Å². The van der Waals surface area contributed by atoms with Gasteiger partial charge in [0.25, 0.3) is 11.1 Å². The van der Waals surface area contributed by atoms with Gasteiger partial charge in [0.2, 0.25) is 11.8 Å². The van der Waals surface area contributed by atoms with E-state index < -0.39 is 29.7 Å². The number of imide groups is 1. The van der Waals surface area contributed by atoms with E-state index in [0.29, 0.717) is 5.56 Å². The van der Waals surface area contributed by atoms with Crippen LogP contribution in [0.3, 0.4) is 0 Å². The summed E-state index contributed by atoms with van der Waals surface area (Å²) >= 11 is 0.720. The van der Waals surface area contributed by atoms with Crippen molar-refractivity contribution < 1.29 is 37.4 Å². The van der Waals surface area contributed by atoms with E-state index in [9.17, 15) is 28.0 Å². The number of thioether (sulfide) groups is 1. The van der Waals surface area contributed by atoms with E-state index in [1.165, 1.54) is 38.3 Å². The lowest BCUT2D eigenvalue weighted by molar-refractivity contribution is -0.129. The van der Waals surface area contributed by atoms with E-state index in [1.54, 1.807) is 13.8 Å². The summed E-state index contributed by atoms with van der Waals surface area (Å²) in [5.41, 5.74) is 0.447. The van der Waals surface area contributed by atoms with Gasteiger partial charge in [-0.3, -0.25) is 24.1 Å². The molecule has 0 aliphatic carbocycles. The van der Waals surface area contributed by atoms with E-state index >= 15 is 0 Å². The van der Waals surface area contributed by atoms with Gasteiger partial charge in [0, 0.05) is 20.0 Å². The van der Waals surface area contributed by atoms with Crippen molar-refractivity contribution >= 4 is 40.8 Å². The van der Waals surface area contributed by atoms with Crippen molar-refractivity contribution in [1.29, 1.82) is 0 Å². The monoisotopic (exact) mass is 485 g/mol. The lowest BCUT2D eigenvalue weighted by Crippen LogP contribution is -2.50. The topological polar surface area (TPSA) is 114 Å². The fourth-order valence-corrected chi connectivity index (χ4v) is 3.83. The van der Waals surface area contributed by atoms with E-state index in [4.69, 9.17) is 4.74 Å². The number of halogens is 2. The Bertz CT molecular complexity index is 954. The van der Waals surface area contributed by atoms with Crippen LogP contribution in [0.5, 0.6) is 11.5 Å². The molecule has 1 heterocycles. The molecule has 0 bridgehead atoms. The zero-order valence-corrected chi connectivity index (χ0v) is 19.3. The molecule has 0 unspecified atom stereocenters. The summed E-state index contributed by atoms with van der Waals surface area (Å²) in [6, 6.07) is 3.39. The normalized spacial score (nSPS) is 15.9. The number of carbonyl (C=O) groups is 4. The first-order chi connectivity index (χ1) is 15.5. The second kappa shape index (κ2) is 11.6. The van der Waals surface area contributed by atoms with Crippen LogP contribution >= 0.6 is 11.8 Å². The van der Waals surface area contributed by atoms with Gasteiger partial charge in [0.15, 0.2) is 11.5 Å². The lowest BCUT2D eigenvalue weighted by atomic mass is 10.0. The predicted octanol–water partition coefficient (Wildman–Crippen LogP) is 2.61. The summed E-state index contributed by atoms with van der Waals surface area (Å²) in [4.78, 5) is 49.6. The number of alkyl halides is 2. The first-order valence-corrected chi connectivity index (χ1v) is 10.8. The molecule has 0 saturated carbocycles. The Morgan fingerprint density at radius 1 is 1.21 bits per heavy atom. The predicted molar refractivity (Wildman–Crippen MR) is 118 cm³/mol. The van der Waals surface area contributed by atoms with Gasteiger partial charge in [-0.1, -0.05) is 19.9 Å². The number of methoxy groups -OCH3 is 1. The quantitative estimate of drug-likeness (QED) is 0.490. The molecule has 0 aromatic heterocycles. The zero-order valence-electron chi connectivity index (χ0n) is 18.5. The number of rotatable bonds is 10. The summed E-state index contributed by atoms with van der Waals surface area (Å²) in [7, 11) is 1.29. The van der Waals surface area contributed by atoms with Gasteiger partial charge in [-0.2, -0.15) is 8.78 Å². The zero-order chi connectivity index (χ0) is 24.7. The van der Waals surface area contributed by atoms with Crippen molar-refractivity contribution in [1.82, 2.24) is 15.5 Å². The third kappa shape index (κ3) is 7.17. The molecule has 180 valence electrons. The number of ether oxygens (including phenoxy) is 2. The highest BCUT2D eigenvalue weighted by molar-refractivity contribution is 8.18. The van der Waals surface area contributed by atoms with Gasteiger partial charge < -0.3 is 20.1 Å². The van der Waals surface area contributed by atoms with Crippen LogP contribution in [0.15, 0.2) is 23.1 Å². The maximum Gasteiger partial charge on any atom is 0.387 e. The summed E-state index contributed by atoms with van der Waals surface area (Å²) in [5.74, 6) is -1.57. The van der Waals surface area contributed by atoms with Gasteiger partial charge in [-0.05, 0) is 41.5 Å². The highest BCUT2D eigenvalue weighted by Crippen LogP contribution is 2.34. The Balaban J connectivity index is 2.03. The summed E-state index contributed by atoms with van der Waals surface area (Å²) < 4.78 is 34.3. The Morgan fingerprint density at radius 2 is 1.91 bits per heavy atom. The smallest absolute Gasteiger partial charge is 0.387 e. The Kier molecular flexibility index (Phi) is 9.21. The van der Waals surface area contributed by atoms with Crippen LogP contribution in [0.2, 0.25) is 0 Å². The number of benzene rings is 1. The molecule has 9 nitrogen and oxygen atoms in total. The molecule has 0 spiro atoms. The molecule has 1 atom stereocenters. The molecular weight excluding hydrogens is 460 g/mol. The van der Waals surface area contributed by atoms with Crippen LogP contribution in [-0.4, -0.2) is 60.7 Å². The fraction of sp³-hybridized carbons (Fsp3) is 0.429. The van der Waals surface area contributed by atoms with Crippen LogP contribution in [-0.2, 0) is 14.4 Å². The second-order valence-electron chi connectivity index (χ2n) is 7.34. The van der Waals surface area contributed by atoms with Gasteiger partial charge in [0.1, 0.15) is 6.04 Å². The highest BCUT2D eigenvalue weighted by Gasteiger charge is 2.35. The molecule has 1 aromatic rings. The first kappa shape index (κ1) is 26.1. The molecule has 12 heteroatoms. The SMILES string of the molecule is COc1cc(/C=C2\SC(=O)N(CCNC(=O)[C@@H](NC(C)=O)C(C)C)C2=O)ccc1OC(F)F. The van der Waals surface area contributed by atoms with Gasteiger partial charge in [0.05, 0.1) is 12.0 Å². The maximum absolute atomic E-state index is 12.6. The van der Waals surface area contributed by atoms with Crippen LogP contribution < -0.4 is 20.1 Å². The molecule has 1 aliphatic heterocycles. The van der Waals surface area contributed by atoms with E-state index in [-0.39, 0.29) is 41.3 Å². The molecule has 1 fully saturated rings. The molecule has 1 aromatic carbocycles. The Morgan fingerprint density at radius 3 is 2.48 bits per heavy atom. The lowest BCUT2D eigenvalue weighted by Gasteiger charge is -2.21. The van der Waals surface area contributed by atoms with Crippen molar-refractivity contribution in [3.63, 3.8) is 0 Å². The van der Waals surface area contributed by atoms with E-state index in [2.05, 4.69) is 15.4 Å². The number of hydrogen-bond acceptors (Lipinski definition) is 7. The van der Waals surface area contributed by atoms with Crippen molar-refractivity contribution in [2.75, 3.05) is 20.2 Å². The van der Waals surface area contributed by atoms with E-state index in [0.717, 1.165) is 16.7 Å². The number of amides is 4. The standard InChI is InChI=1S/C21H25F2N3O6S/c1-11(2)17(25-12(3)27)18(28)24-7-8-26-19(29)16(33-21(26)30)10-13-5-6-14(32-20(22)23)15(9-13)31-4/h5-6,9-11,17,20H,7-8H2,1-4H3,(H,24,28)(H,25,27)/b16-10-/t17-/m0/s1. The number of carbonyl (C=O) groups excluding carboxylic acids is 4. The molecule has 33 heavy (non-hydrogen) atoms. The van der Waals surface area contributed by atoms with Gasteiger partial charge in [-0.15, -0.1) is 0 Å². The highest BCUT2D eigenvalue weighted by atomic mass is 32.2. The van der Waals surface area contributed by atoms with Crippen LogP contribution in [0, 0.1) is 5.92 Å². The van der Waals surface area contributed by atoms with Crippen molar-refractivity contribution in [3.8, 4) is 11.5 Å². The molecular formula is C21H25F2N3O6S. The van der Waals surface area contributed by atoms with Crippen LogP contribution in [0.4, 0.5) is 13.6 Å². The molecule has 2 rings (SSSR count). The van der Waals surface area contributed by atoms with Crippen molar-refractivity contribution in [3.05, 3.63) is 28.7 Å². The molecule has 0 radical (unpaired) electrons. The average Bonchev–Trinajstić information content (AvgIpc) is 2.99. The third-order valence-electron chi connectivity index (χ3n) is 4.52. The maximum atomic E-state index is 12.6. The average molecular weight is 486 g/mol. The Hall–Kier alpha value is -3.15. The largest absolute Gasteiger partial charge is 0.493 e. The van der Waals surface area contributed by atoms with Crippen LogP contribution in [0.25, 0.3) is 6.08 Å². The second-order valence-corrected chi connectivity index (χ2v) is 8.33. The van der Waals surface area contributed by atoms with Gasteiger partial charge >= 0.3 is 6.61 Å². The summed E-state index contributed by atoms with van der Waals surface area (Å²) in [6.07, 6.45) is 1.43. The number of nitrogens with one attached hydrogen (secondary N) is 2. The minimum absolute atomic E-state index is 0.0143. The first-order valence-electron chi connectivity index (χ1n) is 9.96.